The minimum absolute atomic E-state index is 0.220. The molecular weight excluding hydrogens is 210 g/mol. The van der Waals surface area contributed by atoms with E-state index in [4.69, 9.17) is 4.74 Å². The number of ether oxygens (including phenoxy) is 1. The molecule has 0 saturated carbocycles. The summed E-state index contributed by atoms with van der Waals surface area (Å²) in [5.74, 6) is 0. The molecule has 1 heterocycles. The highest BCUT2D eigenvalue weighted by atomic mass is 79.9. The van der Waals surface area contributed by atoms with Gasteiger partial charge in [0.2, 0.25) is 4.73 Å². The van der Waals surface area contributed by atoms with Crippen LogP contribution < -0.4 is 0 Å². The number of halogens is 1. The number of hydrogen-bond donors (Lipinski definition) is 0. The highest BCUT2D eigenvalue weighted by Crippen LogP contribution is 1.99. The molecule has 0 aliphatic rings. The van der Waals surface area contributed by atoms with Crippen LogP contribution in [-0.4, -0.2) is 20.9 Å². The first-order valence-electron chi connectivity index (χ1n) is 3.35. The lowest BCUT2D eigenvalue weighted by atomic mass is 10.5. The van der Waals surface area contributed by atoms with Crippen LogP contribution in [0.25, 0.3) is 0 Å². The standard InChI is InChI=1S/C6H10BrN3O/c1-5(2)11-4-10-3-8-6(7)9-10/h3,5H,4H2,1-2H3. The molecule has 0 bridgehead atoms. The lowest BCUT2D eigenvalue weighted by Crippen LogP contribution is -2.08. The van der Waals surface area contributed by atoms with Gasteiger partial charge in [0.1, 0.15) is 13.1 Å². The number of rotatable bonds is 3. The zero-order valence-corrected chi connectivity index (χ0v) is 8.08. The molecule has 11 heavy (non-hydrogen) atoms. The summed E-state index contributed by atoms with van der Waals surface area (Å²) in [7, 11) is 0. The van der Waals surface area contributed by atoms with E-state index in [9.17, 15) is 0 Å². The van der Waals surface area contributed by atoms with Crippen LogP contribution in [0.1, 0.15) is 13.8 Å². The maximum atomic E-state index is 5.28. The summed E-state index contributed by atoms with van der Waals surface area (Å²) in [6, 6.07) is 0. The van der Waals surface area contributed by atoms with Gasteiger partial charge in [0.25, 0.3) is 0 Å². The fraction of sp³-hybridized carbons (Fsp3) is 0.667. The molecule has 0 N–H and O–H groups in total. The average Bonchev–Trinajstić information content (AvgIpc) is 2.31. The van der Waals surface area contributed by atoms with Crippen molar-refractivity contribution in [3.8, 4) is 0 Å². The topological polar surface area (TPSA) is 39.9 Å². The molecular formula is C6H10BrN3O. The van der Waals surface area contributed by atoms with Gasteiger partial charge < -0.3 is 4.74 Å². The Bertz CT molecular complexity index is 223. The Kier molecular flexibility index (Phi) is 3.02. The maximum absolute atomic E-state index is 5.28. The summed E-state index contributed by atoms with van der Waals surface area (Å²) in [5, 5.41) is 3.98. The molecule has 0 radical (unpaired) electrons. The van der Waals surface area contributed by atoms with Crippen molar-refractivity contribution in [3.05, 3.63) is 11.1 Å². The Morgan fingerprint density at radius 1 is 1.73 bits per heavy atom. The van der Waals surface area contributed by atoms with E-state index in [0.717, 1.165) is 0 Å². The maximum Gasteiger partial charge on any atom is 0.217 e. The van der Waals surface area contributed by atoms with Crippen molar-refractivity contribution in [2.24, 2.45) is 0 Å². The van der Waals surface area contributed by atoms with Gasteiger partial charge in [-0.1, -0.05) is 0 Å². The zero-order valence-electron chi connectivity index (χ0n) is 6.49. The third-order valence-corrected chi connectivity index (χ3v) is 1.41. The van der Waals surface area contributed by atoms with Crippen LogP contribution in [0, 0.1) is 0 Å². The average molecular weight is 220 g/mol. The molecule has 4 nitrogen and oxygen atoms in total. The van der Waals surface area contributed by atoms with Gasteiger partial charge in [-0.3, -0.25) is 0 Å². The predicted octanol–water partition coefficient (Wildman–Crippen LogP) is 1.42. The predicted molar refractivity (Wildman–Crippen MR) is 43.9 cm³/mol. The van der Waals surface area contributed by atoms with Crippen LogP contribution in [0.4, 0.5) is 0 Å². The van der Waals surface area contributed by atoms with E-state index in [1.807, 2.05) is 13.8 Å². The quantitative estimate of drug-likeness (QED) is 0.773. The normalized spacial score (nSPS) is 10.9. The van der Waals surface area contributed by atoms with E-state index in [1.165, 1.54) is 0 Å². The summed E-state index contributed by atoms with van der Waals surface area (Å²) < 4.78 is 7.50. The first-order valence-corrected chi connectivity index (χ1v) is 4.14. The van der Waals surface area contributed by atoms with E-state index in [0.29, 0.717) is 11.5 Å². The summed E-state index contributed by atoms with van der Waals surface area (Å²) in [5.41, 5.74) is 0. The van der Waals surface area contributed by atoms with Crippen molar-refractivity contribution in [3.63, 3.8) is 0 Å². The molecule has 0 fully saturated rings. The third kappa shape index (κ3) is 2.98. The fourth-order valence-electron chi connectivity index (χ4n) is 0.560. The second-order valence-corrected chi connectivity index (χ2v) is 3.11. The smallest absolute Gasteiger partial charge is 0.217 e. The van der Waals surface area contributed by atoms with Gasteiger partial charge in [-0.15, -0.1) is 5.10 Å². The van der Waals surface area contributed by atoms with Gasteiger partial charge in [0, 0.05) is 0 Å². The SMILES string of the molecule is CC(C)OCn1cnc(Br)n1. The summed E-state index contributed by atoms with van der Waals surface area (Å²) in [6.45, 7) is 4.41. The molecule has 0 unspecified atom stereocenters. The van der Waals surface area contributed by atoms with Gasteiger partial charge in [0.15, 0.2) is 0 Å². The number of hydrogen-bond acceptors (Lipinski definition) is 3. The van der Waals surface area contributed by atoms with Crippen LogP contribution in [0.2, 0.25) is 0 Å². The molecule has 62 valence electrons. The second kappa shape index (κ2) is 3.82. The highest BCUT2D eigenvalue weighted by Gasteiger charge is 1.97. The molecule has 5 heteroatoms. The van der Waals surface area contributed by atoms with E-state index in [-0.39, 0.29) is 6.10 Å². The number of aromatic nitrogens is 3. The second-order valence-electron chi connectivity index (χ2n) is 2.40. The van der Waals surface area contributed by atoms with Crippen molar-refractivity contribution >= 4 is 15.9 Å². The molecule has 0 amide bonds. The molecule has 0 aliphatic heterocycles. The minimum Gasteiger partial charge on any atom is -0.357 e. The molecule has 1 rings (SSSR count). The third-order valence-electron chi connectivity index (χ3n) is 1.05. The molecule has 1 aromatic heterocycles. The molecule has 1 aromatic rings. The van der Waals surface area contributed by atoms with Crippen molar-refractivity contribution in [1.29, 1.82) is 0 Å². The van der Waals surface area contributed by atoms with Crippen LogP contribution in [0.3, 0.4) is 0 Å². The van der Waals surface area contributed by atoms with Crippen LogP contribution in [0.5, 0.6) is 0 Å². The van der Waals surface area contributed by atoms with Crippen molar-refractivity contribution in [1.82, 2.24) is 14.8 Å². The van der Waals surface area contributed by atoms with Crippen LogP contribution >= 0.6 is 15.9 Å². The Morgan fingerprint density at radius 3 is 2.91 bits per heavy atom. The van der Waals surface area contributed by atoms with Crippen LogP contribution in [0.15, 0.2) is 11.1 Å². The fourth-order valence-corrected chi connectivity index (χ4v) is 0.855. The molecule has 0 atom stereocenters. The van der Waals surface area contributed by atoms with E-state index in [1.54, 1.807) is 11.0 Å². The van der Waals surface area contributed by atoms with Crippen molar-refractivity contribution in [2.45, 2.75) is 26.7 Å². The van der Waals surface area contributed by atoms with E-state index >= 15 is 0 Å². The summed E-state index contributed by atoms with van der Waals surface area (Å²) in [4.78, 5) is 3.88. The van der Waals surface area contributed by atoms with Crippen molar-refractivity contribution < 1.29 is 4.74 Å². The van der Waals surface area contributed by atoms with Gasteiger partial charge in [-0.25, -0.2) is 9.67 Å². The van der Waals surface area contributed by atoms with E-state index in [2.05, 4.69) is 26.0 Å². The molecule has 0 aromatic carbocycles. The Balaban J connectivity index is 2.39. The van der Waals surface area contributed by atoms with Gasteiger partial charge >= 0.3 is 0 Å². The lowest BCUT2D eigenvalue weighted by molar-refractivity contribution is 0.0217. The molecule has 0 spiro atoms. The first-order chi connectivity index (χ1) is 5.18. The van der Waals surface area contributed by atoms with Crippen LogP contribution in [-0.2, 0) is 11.5 Å². The molecule has 0 saturated heterocycles. The monoisotopic (exact) mass is 219 g/mol. The first kappa shape index (κ1) is 8.67. The zero-order chi connectivity index (χ0) is 8.27. The van der Waals surface area contributed by atoms with Crippen molar-refractivity contribution in [2.75, 3.05) is 0 Å². The van der Waals surface area contributed by atoms with E-state index < -0.39 is 0 Å². The summed E-state index contributed by atoms with van der Waals surface area (Å²) >= 11 is 3.14. The Hall–Kier alpha value is -0.420. The van der Waals surface area contributed by atoms with Gasteiger partial charge in [0.05, 0.1) is 6.10 Å². The lowest BCUT2D eigenvalue weighted by Gasteiger charge is -2.05. The summed E-state index contributed by atoms with van der Waals surface area (Å²) in [6.07, 6.45) is 1.84. The number of nitrogens with zero attached hydrogens (tertiary/aromatic N) is 3. The highest BCUT2D eigenvalue weighted by molar-refractivity contribution is 9.10. The van der Waals surface area contributed by atoms with Gasteiger partial charge in [-0.05, 0) is 29.8 Å². The Labute approximate surface area is 73.7 Å². The largest absolute Gasteiger partial charge is 0.357 e. The van der Waals surface area contributed by atoms with Gasteiger partial charge in [-0.2, -0.15) is 0 Å². The Morgan fingerprint density at radius 2 is 2.45 bits per heavy atom. The minimum atomic E-state index is 0.220. The molecule has 0 aliphatic carbocycles.